The summed E-state index contributed by atoms with van der Waals surface area (Å²) in [5, 5.41) is 3.39. The molecule has 5 rings (SSSR count). The van der Waals surface area contributed by atoms with Gasteiger partial charge in [-0.15, -0.1) is 0 Å². The number of fused-ring (bicyclic) bond motifs is 1. The van der Waals surface area contributed by atoms with E-state index >= 15 is 0 Å². The molecule has 0 spiro atoms. The Morgan fingerprint density at radius 1 is 0.789 bits per heavy atom. The highest BCUT2D eigenvalue weighted by Gasteiger charge is 2.23. The van der Waals surface area contributed by atoms with Crippen LogP contribution in [0.4, 0.5) is 5.69 Å². The Balaban J connectivity index is 1.25. The Morgan fingerprint density at radius 2 is 1.50 bits per heavy atom. The molecule has 1 aliphatic rings. The van der Waals surface area contributed by atoms with Crippen molar-refractivity contribution in [1.82, 2.24) is 0 Å². The van der Waals surface area contributed by atoms with Gasteiger partial charge in [-0.2, -0.15) is 0 Å². The van der Waals surface area contributed by atoms with Crippen molar-refractivity contribution in [3.8, 4) is 0 Å². The third-order valence-corrected chi connectivity index (χ3v) is 7.00. The number of hydrogen-bond donors (Lipinski definition) is 1. The first-order chi connectivity index (χ1) is 18.7. The third-order valence-electron chi connectivity index (χ3n) is 7.00. The molecule has 1 unspecified atom stereocenters. The van der Waals surface area contributed by atoms with E-state index in [4.69, 9.17) is 0 Å². The summed E-state index contributed by atoms with van der Waals surface area (Å²) < 4.78 is 0. The number of benzene rings is 4. The van der Waals surface area contributed by atoms with Gasteiger partial charge >= 0.3 is 0 Å². The smallest absolute Gasteiger partial charge is 0.0382 e. The second-order valence-corrected chi connectivity index (χ2v) is 9.70. The lowest BCUT2D eigenvalue weighted by Crippen LogP contribution is -2.04. The van der Waals surface area contributed by atoms with E-state index in [2.05, 4.69) is 140 Å². The molecule has 0 aromatic heterocycles. The van der Waals surface area contributed by atoms with Crippen LogP contribution in [-0.2, 0) is 6.42 Å². The maximum atomic E-state index is 4.40. The second-order valence-electron chi connectivity index (χ2n) is 9.70. The van der Waals surface area contributed by atoms with Crippen LogP contribution in [0.3, 0.4) is 0 Å². The minimum atomic E-state index is 0.267. The summed E-state index contributed by atoms with van der Waals surface area (Å²) in [6.45, 7) is 8.79. The number of allylic oxidation sites excluding steroid dienone is 7. The van der Waals surface area contributed by atoms with Crippen LogP contribution < -0.4 is 5.32 Å². The maximum Gasteiger partial charge on any atom is 0.0382 e. The molecule has 186 valence electrons. The van der Waals surface area contributed by atoms with Crippen LogP contribution in [0.25, 0.3) is 5.57 Å². The zero-order chi connectivity index (χ0) is 26.2. The lowest BCUT2D eigenvalue weighted by molar-refractivity contribution is 0.807. The lowest BCUT2D eigenvalue weighted by atomic mass is 9.84. The van der Waals surface area contributed by atoms with Crippen molar-refractivity contribution in [1.29, 1.82) is 0 Å². The zero-order valence-electron chi connectivity index (χ0n) is 21.7. The van der Waals surface area contributed by atoms with E-state index in [1.807, 2.05) is 18.4 Å². The van der Waals surface area contributed by atoms with Crippen molar-refractivity contribution < 1.29 is 0 Å². The van der Waals surface area contributed by atoms with Gasteiger partial charge in [0.25, 0.3) is 0 Å². The van der Waals surface area contributed by atoms with E-state index in [0.29, 0.717) is 0 Å². The average Bonchev–Trinajstić information content (AvgIpc) is 3.11. The minimum absolute atomic E-state index is 0.267. The van der Waals surface area contributed by atoms with Crippen molar-refractivity contribution in [2.24, 2.45) is 0 Å². The minimum Gasteiger partial charge on any atom is -0.362 e. The quantitative estimate of drug-likeness (QED) is 0.242. The van der Waals surface area contributed by atoms with Gasteiger partial charge in [0.2, 0.25) is 0 Å². The van der Waals surface area contributed by atoms with E-state index in [1.165, 1.54) is 33.4 Å². The molecule has 1 atom stereocenters. The Kier molecular flexibility index (Phi) is 7.96. The molecule has 0 bridgehead atoms. The standard InChI is InChI=1S/C37H33N/c1-28(14-11-12-23-38-34-20-13-17-31(26-34)25-30-15-5-3-6-16-30)33-24-29(2)35-21-9-10-22-36(35)37(27-33)32-18-7-4-8-19-32/h3-24,26,37-38H,1-2,25,27H2/b14-11-,23-12-. The Morgan fingerprint density at radius 3 is 2.32 bits per heavy atom. The van der Waals surface area contributed by atoms with Crippen LogP contribution in [-0.4, -0.2) is 0 Å². The van der Waals surface area contributed by atoms with Crippen molar-refractivity contribution in [3.05, 3.63) is 192 Å². The van der Waals surface area contributed by atoms with Crippen LogP contribution in [0.15, 0.2) is 164 Å². The number of rotatable bonds is 8. The monoisotopic (exact) mass is 491 g/mol. The predicted molar refractivity (Wildman–Crippen MR) is 163 cm³/mol. The molecule has 38 heavy (non-hydrogen) atoms. The van der Waals surface area contributed by atoms with E-state index in [0.717, 1.165) is 29.7 Å². The molecule has 4 aromatic carbocycles. The van der Waals surface area contributed by atoms with Crippen LogP contribution in [0, 0.1) is 0 Å². The van der Waals surface area contributed by atoms with Crippen molar-refractivity contribution in [2.75, 3.05) is 5.32 Å². The molecule has 1 heteroatoms. The van der Waals surface area contributed by atoms with Gasteiger partial charge in [-0.05, 0) is 75.6 Å². The van der Waals surface area contributed by atoms with Crippen LogP contribution in [0.2, 0.25) is 0 Å². The molecule has 4 aromatic rings. The van der Waals surface area contributed by atoms with Gasteiger partial charge in [0.1, 0.15) is 0 Å². The highest BCUT2D eigenvalue weighted by atomic mass is 14.8. The van der Waals surface area contributed by atoms with Gasteiger partial charge in [-0.1, -0.05) is 128 Å². The molecule has 0 heterocycles. The van der Waals surface area contributed by atoms with Crippen molar-refractivity contribution in [2.45, 2.75) is 18.8 Å². The van der Waals surface area contributed by atoms with Gasteiger partial charge in [0.05, 0.1) is 0 Å². The topological polar surface area (TPSA) is 12.0 Å². The molecule has 0 aliphatic heterocycles. The van der Waals surface area contributed by atoms with Gasteiger partial charge < -0.3 is 5.32 Å². The third kappa shape index (κ3) is 6.19. The van der Waals surface area contributed by atoms with E-state index in [9.17, 15) is 0 Å². The molecule has 1 N–H and O–H groups in total. The lowest BCUT2D eigenvalue weighted by Gasteiger charge is -2.20. The summed E-state index contributed by atoms with van der Waals surface area (Å²) in [5.74, 6) is 0.267. The SMILES string of the molecule is C=C(/C=C\C=C/Nc1cccc(Cc2ccccc2)c1)C1=CC(=C)c2ccccc2C(c2ccccc2)C1. The van der Waals surface area contributed by atoms with Crippen molar-refractivity contribution >= 4 is 11.3 Å². The summed E-state index contributed by atoms with van der Waals surface area (Å²) >= 11 is 0. The van der Waals surface area contributed by atoms with E-state index in [1.54, 1.807) is 0 Å². The summed E-state index contributed by atoms with van der Waals surface area (Å²) in [7, 11) is 0. The molecule has 0 saturated carbocycles. The summed E-state index contributed by atoms with van der Waals surface area (Å²) in [6, 6.07) is 38.5. The fourth-order valence-corrected chi connectivity index (χ4v) is 5.06. The fraction of sp³-hybridized carbons (Fsp3) is 0.0811. The number of nitrogens with one attached hydrogen (secondary N) is 1. The molecule has 1 aliphatic carbocycles. The average molecular weight is 492 g/mol. The van der Waals surface area contributed by atoms with Gasteiger partial charge in [0.15, 0.2) is 0 Å². The first kappa shape index (κ1) is 25.0. The van der Waals surface area contributed by atoms with E-state index < -0.39 is 0 Å². The number of anilines is 1. The maximum absolute atomic E-state index is 4.40. The highest BCUT2D eigenvalue weighted by Crippen LogP contribution is 2.40. The van der Waals surface area contributed by atoms with E-state index in [-0.39, 0.29) is 5.92 Å². The molecular weight excluding hydrogens is 458 g/mol. The predicted octanol–water partition coefficient (Wildman–Crippen LogP) is 9.49. The molecule has 0 amide bonds. The normalized spacial score (nSPS) is 15.2. The van der Waals surface area contributed by atoms with Gasteiger partial charge in [-0.25, -0.2) is 0 Å². The Labute approximate surface area is 226 Å². The zero-order valence-corrected chi connectivity index (χ0v) is 21.7. The molecule has 0 fully saturated rings. The molecule has 1 nitrogen and oxygen atoms in total. The second kappa shape index (κ2) is 12.1. The largest absolute Gasteiger partial charge is 0.362 e. The first-order valence-electron chi connectivity index (χ1n) is 13.1. The summed E-state index contributed by atoms with van der Waals surface area (Å²) in [6.07, 6.45) is 12.1. The first-order valence-corrected chi connectivity index (χ1v) is 13.1. The van der Waals surface area contributed by atoms with Crippen molar-refractivity contribution in [3.63, 3.8) is 0 Å². The van der Waals surface area contributed by atoms with Gasteiger partial charge in [0, 0.05) is 17.8 Å². The van der Waals surface area contributed by atoms with Crippen LogP contribution in [0.1, 0.15) is 40.2 Å². The molecule has 0 radical (unpaired) electrons. The van der Waals surface area contributed by atoms with Gasteiger partial charge in [-0.3, -0.25) is 0 Å². The highest BCUT2D eigenvalue weighted by molar-refractivity contribution is 5.78. The summed E-state index contributed by atoms with van der Waals surface area (Å²) in [5.41, 5.74) is 10.8. The molecule has 0 saturated heterocycles. The van der Waals surface area contributed by atoms with Crippen LogP contribution in [0.5, 0.6) is 0 Å². The summed E-state index contributed by atoms with van der Waals surface area (Å²) in [4.78, 5) is 0. The fourth-order valence-electron chi connectivity index (χ4n) is 5.06. The Bertz CT molecular complexity index is 1500. The molecular formula is C37H33N. The number of hydrogen-bond acceptors (Lipinski definition) is 1. The van der Waals surface area contributed by atoms with Crippen LogP contribution >= 0.6 is 0 Å². The Hall–Kier alpha value is -4.62.